The molecule has 2 aliphatic rings. The third-order valence-electron chi connectivity index (χ3n) is 3.44. The zero-order valence-electron chi connectivity index (χ0n) is 11.7. The number of nitrogens with zero attached hydrogens (tertiary/aromatic N) is 2. The molecular weight excluding hydrogens is 246 g/mol. The van der Waals surface area contributed by atoms with Gasteiger partial charge in [0.1, 0.15) is 0 Å². The van der Waals surface area contributed by atoms with Crippen molar-refractivity contribution in [2.24, 2.45) is 5.41 Å². The zero-order chi connectivity index (χ0) is 14.2. The summed E-state index contributed by atoms with van der Waals surface area (Å²) in [6.07, 6.45) is 1.16. The molecule has 1 unspecified atom stereocenters. The summed E-state index contributed by atoms with van der Waals surface area (Å²) in [7, 11) is 0. The van der Waals surface area contributed by atoms with Crippen LogP contribution in [0.2, 0.25) is 0 Å². The Morgan fingerprint density at radius 1 is 1.37 bits per heavy atom. The SMILES string of the molecule is CC(C)(C)CC(=O)N1CCC(N2C(=O)CNC2=O)C1. The highest BCUT2D eigenvalue weighted by Gasteiger charge is 2.39. The molecular formula is C13H21N3O3. The van der Waals surface area contributed by atoms with Crippen molar-refractivity contribution in [3.8, 4) is 0 Å². The third-order valence-corrected chi connectivity index (χ3v) is 3.44. The molecule has 0 saturated carbocycles. The second kappa shape index (κ2) is 4.83. The Balaban J connectivity index is 1.95. The van der Waals surface area contributed by atoms with Crippen LogP contribution < -0.4 is 5.32 Å². The first-order valence-corrected chi connectivity index (χ1v) is 6.65. The van der Waals surface area contributed by atoms with E-state index >= 15 is 0 Å². The second-order valence-electron chi connectivity index (χ2n) is 6.44. The summed E-state index contributed by atoms with van der Waals surface area (Å²) in [6, 6.07) is -0.501. The molecule has 0 aromatic rings. The van der Waals surface area contributed by atoms with Crippen LogP contribution in [0.25, 0.3) is 0 Å². The van der Waals surface area contributed by atoms with E-state index in [-0.39, 0.29) is 35.8 Å². The molecule has 4 amide bonds. The molecule has 19 heavy (non-hydrogen) atoms. The summed E-state index contributed by atoms with van der Waals surface area (Å²) < 4.78 is 0. The van der Waals surface area contributed by atoms with Gasteiger partial charge in [-0.3, -0.25) is 14.5 Å². The van der Waals surface area contributed by atoms with E-state index in [1.54, 1.807) is 4.90 Å². The molecule has 0 radical (unpaired) electrons. The Morgan fingerprint density at radius 3 is 2.58 bits per heavy atom. The highest BCUT2D eigenvalue weighted by molar-refractivity contribution is 6.02. The Morgan fingerprint density at radius 2 is 2.05 bits per heavy atom. The van der Waals surface area contributed by atoms with Crippen molar-refractivity contribution in [2.75, 3.05) is 19.6 Å². The molecule has 1 atom stereocenters. The van der Waals surface area contributed by atoms with Crippen molar-refractivity contribution in [3.05, 3.63) is 0 Å². The van der Waals surface area contributed by atoms with Crippen molar-refractivity contribution >= 4 is 17.8 Å². The normalized spacial score (nSPS) is 24.1. The lowest BCUT2D eigenvalue weighted by Gasteiger charge is -2.24. The standard InChI is InChI=1S/C13H21N3O3/c1-13(2,3)6-10(17)15-5-4-9(8-15)16-11(18)7-14-12(16)19/h9H,4-8H2,1-3H3,(H,14,19). The Labute approximate surface area is 113 Å². The molecule has 2 rings (SSSR count). The van der Waals surface area contributed by atoms with Crippen LogP contribution in [0.4, 0.5) is 4.79 Å². The van der Waals surface area contributed by atoms with Crippen molar-refractivity contribution < 1.29 is 14.4 Å². The summed E-state index contributed by atoms with van der Waals surface area (Å²) in [6.45, 7) is 7.23. The van der Waals surface area contributed by atoms with Gasteiger partial charge in [-0.05, 0) is 11.8 Å². The first-order valence-electron chi connectivity index (χ1n) is 6.65. The molecule has 1 N–H and O–H groups in total. The molecule has 6 heteroatoms. The number of carbonyl (C=O) groups excluding carboxylic acids is 3. The minimum absolute atomic E-state index is 0.0456. The van der Waals surface area contributed by atoms with Crippen LogP contribution >= 0.6 is 0 Å². The van der Waals surface area contributed by atoms with E-state index in [0.29, 0.717) is 25.9 Å². The van der Waals surface area contributed by atoms with Crippen LogP contribution in [0.3, 0.4) is 0 Å². The fourth-order valence-corrected chi connectivity index (χ4v) is 2.55. The molecule has 2 heterocycles. The summed E-state index contributed by atoms with van der Waals surface area (Å²) in [5.74, 6) is -0.0952. The largest absolute Gasteiger partial charge is 0.341 e. The van der Waals surface area contributed by atoms with Crippen molar-refractivity contribution in [3.63, 3.8) is 0 Å². The number of carbonyl (C=O) groups is 3. The zero-order valence-corrected chi connectivity index (χ0v) is 11.7. The van der Waals surface area contributed by atoms with E-state index in [4.69, 9.17) is 0 Å². The predicted molar refractivity (Wildman–Crippen MR) is 69.3 cm³/mol. The smallest absolute Gasteiger partial charge is 0.324 e. The van der Waals surface area contributed by atoms with Crippen LogP contribution in [0.1, 0.15) is 33.6 Å². The topological polar surface area (TPSA) is 69.7 Å². The van der Waals surface area contributed by atoms with Crippen molar-refractivity contribution in [1.29, 1.82) is 0 Å². The minimum atomic E-state index is -0.333. The maximum Gasteiger partial charge on any atom is 0.324 e. The quantitative estimate of drug-likeness (QED) is 0.744. The monoisotopic (exact) mass is 267 g/mol. The molecule has 0 aliphatic carbocycles. The average molecular weight is 267 g/mol. The Bertz CT molecular complexity index is 398. The van der Waals surface area contributed by atoms with Crippen LogP contribution in [-0.2, 0) is 9.59 Å². The third kappa shape index (κ3) is 3.05. The lowest BCUT2D eigenvalue weighted by atomic mass is 9.92. The minimum Gasteiger partial charge on any atom is -0.341 e. The molecule has 2 fully saturated rings. The van der Waals surface area contributed by atoms with Gasteiger partial charge in [0.2, 0.25) is 11.8 Å². The van der Waals surface area contributed by atoms with Gasteiger partial charge >= 0.3 is 6.03 Å². The van der Waals surface area contributed by atoms with Gasteiger partial charge in [-0.15, -0.1) is 0 Å². The molecule has 0 bridgehead atoms. The highest BCUT2D eigenvalue weighted by atomic mass is 16.2. The van der Waals surface area contributed by atoms with Gasteiger partial charge in [0, 0.05) is 19.5 Å². The summed E-state index contributed by atoms with van der Waals surface area (Å²) in [5.41, 5.74) is -0.0456. The molecule has 6 nitrogen and oxygen atoms in total. The maximum absolute atomic E-state index is 12.1. The molecule has 0 aromatic heterocycles. The van der Waals surface area contributed by atoms with E-state index in [1.165, 1.54) is 4.90 Å². The first kappa shape index (κ1) is 13.8. The summed E-state index contributed by atoms with van der Waals surface area (Å²) in [4.78, 5) is 38.3. The predicted octanol–water partition coefficient (Wildman–Crippen LogP) is 0.575. The number of amides is 4. The van der Waals surface area contributed by atoms with Crippen LogP contribution in [0, 0.1) is 5.41 Å². The van der Waals surface area contributed by atoms with Crippen molar-refractivity contribution in [1.82, 2.24) is 15.1 Å². The Hall–Kier alpha value is -1.59. The van der Waals surface area contributed by atoms with E-state index in [0.717, 1.165) is 0 Å². The van der Waals surface area contributed by atoms with Gasteiger partial charge in [0.25, 0.3) is 0 Å². The van der Waals surface area contributed by atoms with Gasteiger partial charge in [0.15, 0.2) is 0 Å². The number of urea groups is 1. The van der Waals surface area contributed by atoms with Crippen LogP contribution in [-0.4, -0.2) is 53.3 Å². The number of hydrogen-bond acceptors (Lipinski definition) is 3. The van der Waals surface area contributed by atoms with Gasteiger partial charge in [-0.1, -0.05) is 20.8 Å². The van der Waals surface area contributed by atoms with Gasteiger partial charge < -0.3 is 10.2 Å². The van der Waals surface area contributed by atoms with Crippen molar-refractivity contribution in [2.45, 2.75) is 39.7 Å². The highest BCUT2D eigenvalue weighted by Crippen LogP contribution is 2.24. The van der Waals surface area contributed by atoms with Crippen LogP contribution in [0.15, 0.2) is 0 Å². The molecule has 0 aromatic carbocycles. The number of hydrogen-bond donors (Lipinski definition) is 1. The summed E-state index contributed by atoms with van der Waals surface area (Å²) in [5, 5.41) is 2.51. The lowest BCUT2D eigenvalue weighted by molar-refractivity contribution is -0.133. The lowest BCUT2D eigenvalue weighted by Crippen LogP contribution is -2.43. The number of likely N-dealkylation sites (tertiary alicyclic amines) is 1. The van der Waals surface area contributed by atoms with E-state index in [1.807, 2.05) is 20.8 Å². The van der Waals surface area contributed by atoms with Gasteiger partial charge in [0.05, 0.1) is 12.6 Å². The van der Waals surface area contributed by atoms with E-state index in [2.05, 4.69) is 5.32 Å². The molecule has 2 saturated heterocycles. The fraction of sp³-hybridized carbons (Fsp3) is 0.769. The van der Waals surface area contributed by atoms with Crippen LogP contribution in [0.5, 0.6) is 0 Å². The summed E-state index contributed by atoms with van der Waals surface area (Å²) >= 11 is 0. The van der Waals surface area contributed by atoms with Gasteiger partial charge in [-0.25, -0.2) is 4.79 Å². The second-order valence-corrected chi connectivity index (χ2v) is 6.44. The maximum atomic E-state index is 12.1. The molecule has 2 aliphatic heterocycles. The number of rotatable bonds is 2. The molecule has 0 spiro atoms. The van der Waals surface area contributed by atoms with E-state index < -0.39 is 0 Å². The number of nitrogens with one attached hydrogen (secondary N) is 1. The first-order chi connectivity index (χ1) is 8.78. The van der Waals surface area contributed by atoms with E-state index in [9.17, 15) is 14.4 Å². The average Bonchev–Trinajstić information content (AvgIpc) is 2.83. The van der Waals surface area contributed by atoms with Gasteiger partial charge in [-0.2, -0.15) is 0 Å². The fourth-order valence-electron chi connectivity index (χ4n) is 2.55. The Kier molecular flexibility index (Phi) is 3.52. The molecule has 106 valence electrons. The number of imide groups is 1.